The summed E-state index contributed by atoms with van der Waals surface area (Å²) >= 11 is 0. The number of hydrogen-bond donors (Lipinski definition) is 4. The van der Waals surface area contributed by atoms with E-state index < -0.39 is 24.5 Å². The number of hydrogen-bond acceptors (Lipinski definition) is 5. The summed E-state index contributed by atoms with van der Waals surface area (Å²) in [5.41, 5.74) is 5.19. The van der Waals surface area contributed by atoms with E-state index in [1.807, 2.05) is 0 Å². The molecule has 5 N–H and O–H groups in total. The Morgan fingerprint density at radius 3 is 2.30 bits per heavy atom. The summed E-state index contributed by atoms with van der Waals surface area (Å²) in [5.74, 6) is 0. The Labute approximate surface area is 58.0 Å². The quantitative estimate of drug-likeness (QED) is 0.302. The van der Waals surface area contributed by atoms with Gasteiger partial charge in [-0.15, -0.1) is 0 Å². The van der Waals surface area contributed by atoms with Gasteiger partial charge in [0.1, 0.15) is 24.5 Å². The van der Waals surface area contributed by atoms with Gasteiger partial charge in [0.15, 0.2) is 0 Å². The Morgan fingerprint density at radius 1 is 1.20 bits per heavy atom. The second kappa shape index (κ2) is 2.81. The molecule has 0 amide bonds. The molecule has 0 spiro atoms. The van der Waals surface area contributed by atoms with Gasteiger partial charge in [-0.2, -0.15) is 0 Å². The largest absolute Gasteiger partial charge is 0.388 e. The van der Waals surface area contributed by atoms with Crippen molar-refractivity contribution >= 4 is 0 Å². The minimum absolute atomic E-state index is 0.0284. The highest BCUT2D eigenvalue weighted by Gasteiger charge is 2.35. The van der Waals surface area contributed by atoms with E-state index in [-0.39, 0.29) is 6.61 Å². The minimum atomic E-state index is -1.19. The van der Waals surface area contributed by atoms with Gasteiger partial charge in [-0.25, -0.2) is 0 Å². The Morgan fingerprint density at radius 2 is 1.80 bits per heavy atom. The highest BCUT2D eigenvalue weighted by molar-refractivity contribution is 4.83. The molecule has 0 radical (unpaired) electrons. The molecule has 60 valence electrons. The summed E-state index contributed by atoms with van der Waals surface area (Å²) in [6.07, 6.45) is -4.30. The SMILES string of the molecule is N[C@@H]1OC[C@@H](O)C(O)C1O. The van der Waals surface area contributed by atoms with Crippen LogP contribution in [0.3, 0.4) is 0 Å². The number of nitrogens with two attached hydrogens (primary N) is 1. The number of aliphatic hydroxyl groups is 3. The van der Waals surface area contributed by atoms with Crippen molar-refractivity contribution in [3.05, 3.63) is 0 Å². The second-order valence-corrected chi connectivity index (χ2v) is 2.35. The van der Waals surface area contributed by atoms with Crippen LogP contribution in [0.4, 0.5) is 0 Å². The van der Waals surface area contributed by atoms with Crippen LogP contribution in [0.5, 0.6) is 0 Å². The van der Waals surface area contributed by atoms with Gasteiger partial charge in [0.25, 0.3) is 0 Å². The maximum absolute atomic E-state index is 8.96. The van der Waals surface area contributed by atoms with E-state index in [4.69, 9.17) is 25.8 Å². The van der Waals surface area contributed by atoms with Crippen LogP contribution in [0.25, 0.3) is 0 Å². The first-order chi connectivity index (χ1) is 4.63. The second-order valence-electron chi connectivity index (χ2n) is 2.35. The van der Waals surface area contributed by atoms with Gasteiger partial charge in [0, 0.05) is 0 Å². The molecule has 2 unspecified atom stereocenters. The number of rotatable bonds is 0. The van der Waals surface area contributed by atoms with Crippen LogP contribution in [0.15, 0.2) is 0 Å². The molecule has 1 aliphatic rings. The fraction of sp³-hybridized carbons (Fsp3) is 1.00. The van der Waals surface area contributed by atoms with Crippen LogP contribution in [-0.2, 0) is 4.74 Å². The zero-order valence-electron chi connectivity index (χ0n) is 5.34. The summed E-state index contributed by atoms with van der Waals surface area (Å²) in [7, 11) is 0. The molecule has 10 heavy (non-hydrogen) atoms. The summed E-state index contributed by atoms with van der Waals surface area (Å²) in [5, 5.41) is 26.8. The smallest absolute Gasteiger partial charge is 0.134 e. The zero-order valence-corrected chi connectivity index (χ0v) is 5.34. The molecule has 0 aromatic carbocycles. The molecule has 1 heterocycles. The van der Waals surface area contributed by atoms with Gasteiger partial charge in [-0.1, -0.05) is 0 Å². The van der Waals surface area contributed by atoms with Gasteiger partial charge in [0.2, 0.25) is 0 Å². The van der Waals surface area contributed by atoms with Crippen LogP contribution >= 0.6 is 0 Å². The summed E-state index contributed by atoms with van der Waals surface area (Å²) < 4.78 is 4.69. The third kappa shape index (κ3) is 1.28. The van der Waals surface area contributed by atoms with E-state index in [2.05, 4.69) is 0 Å². The maximum atomic E-state index is 8.96. The van der Waals surface area contributed by atoms with E-state index >= 15 is 0 Å². The van der Waals surface area contributed by atoms with Gasteiger partial charge in [-0.05, 0) is 0 Å². The van der Waals surface area contributed by atoms with Crippen molar-refractivity contribution < 1.29 is 20.1 Å². The Hall–Kier alpha value is -0.200. The van der Waals surface area contributed by atoms with E-state index in [0.717, 1.165) is 0 Å². The molecule has 5 nitrogen and oxygen atoms in total. The first kappa shape index (κ1) is 7.90. The molecule has 0 bridgehead atoms. The molecule has 5 heteroatoms. The first-order valence-electron chi connectivity index (χ1n) is 3.04. The molecule has 0 aliphatic carbocycles. The van der Waals surface area contributed by atoms with Gasteiger partial charge < -0.3 is 25.8 Å². The number of aliphatic hydroxyl groups excluding tert-OH is 3. The average molecular weight is 149 g/mol. The van der Waals surface area contributed by atoms with Crippen molar-refractivity contribution in [3.63, 3.8) is 0 Å². The standard InChI is InChI=1S/C5H11NO4/c6-5-4(9)3(8)2(7)1-10-5/h2-5,7-9H,1,6H2/t2-,3?,4?,5-/m1/s1. The molecule has 1 rings (SSSR count). The topological polar surface area (TPSA) is 95.9 Å². The normalized spacial score (nSPS) is 49.2. The van der Waals surface area contributed by atoms with E-state index in [0.29, 0.717) is 0 Å². The minimum Gasteiger partial charge on any atom is -0.388 e. The fourth-order valence-corrected chi connectivity index (χ4v) is 0.829. The third-order valence-electron chi connectivity index (χ3n) is 1.54. The molecule has 1 fully saturated rings. The third-order valence-corrected chi connectivity index (χ3v) is 1.54. The molecular formula is C5H11NO4. The van der Waals surface area contributed by atoms with Crippen molar-refractivity contribution in [2.75, 3.05) is 6.61 Å². The predicted molar refractivity (Wildman–Crippen MR) is 31.9 cm³/mol. The molecule has 0 aromatic rings. The summed E-state index contributed by atoms with van der Waals surface area (Å²) in [6.45, 7) is -0.0284. The molecule has 1 saturated heterocycles. The maximum Gasteiger partial charge on any atom is 0.134 e. The zero-order chi connectivity index (χ0) is 7.72. The van der Waals surface area contributed by atoms with Crippen molar-refractivity contribution in [1.82, 2.24) is 0 Å². The van der Waals surface area contributed by atoms with E-state index in [1.54, 1.807) is 0 Å². The lowest BCUT2D eigenvalue weighted by atomic mass is 10.1. The van der Waals surface area contributed by atoms with Crippen LogP contribution in [0.2, 0.25) is 0 Å². The van der Waals surface area contributed by atoms with Crippen molar-refractivity contribution in [2.24, 2.45) is 5.73 Å². The van der Waals surface area contributed by atoms with Crippen molar-refractivity contribution in [2.45, 2.75) is 24.5 Å². The lowest BCUT2D eigenvalue weighted by Gasteiger charge is -2.32. The number of ether oxygens (including phenoxy) is 1. The predicted octanol–water partition coefficient (Wildman–Crippen LogP) is -2.62. The van der Waals surface area contributed by atoms with E-state index in [9.17, 15) is 0 Å². The first-order valence-corrected chi connectivity index (χ1v) is 3.04. The Bertz CT molecular complexity index is 106. The highest BCUT2D eigenvalue weighted by Crippen LogP contribution is 2.11. The highest BCUT2D eigenvalue weighted by atomic mass is 16.5. The van der Waals surface area contributed by atoms with Crippen LogP contribution in [0.1, 0.15) is 0 Å². The summed E-state index contributed by atoms with van der Waals surface area (Å²) in [6, 6.07) is 0. The van der Waals surface area contributed by atoms with Gasteiger partial charge >= 0.3 is 0 Å². The Kier molecular flexibility index (Phi) is 2.22. The monoisotopic (exact) mass is 149 g/mol. The van der Waals surface area contributed by atoms with Crippen LogP contribution in [-0.4, -0.2) is 46.5 Å². The lowest BCUT2D eigenvalue weighted by molar-refractivity contribution is -0.184. The van der Waals surface area contributed by atoms with Crippen LogP contribution in [0, 0.1) is 0 Å². The summed E-state index contributed by atoms with van der Waals surface area (Å²) in [4.78, 5) is 0. The van der Waals surface area contributed by atoms with Crippen LogP contribution < -0.4 is 5.73 Å². The molecule has 1 aliphatic heterocycles. The van der Waals surface area contributed by atoms with Gasteiger partial charge in [-0.3, -0.25) is 0 Å². The van der Waals surface area contributed by atoms with Crippen molar-refractivity contribution in [1.29, 1.82) is 0 Å². The average Bonchev–Trinajstić information content (AvgIpc) is 1.93. The lowest BCUT2D eigenvalue weighted by Crippen LogP contribution is -2.56. The van der Waals surface area contributed by atoms with Gasteiger partial charge in [0.05, 0.1) is 6.61 Å². The molecule has 0 aromatic heterocycles. The molecule has 4 atom stereocenters. The van der Waals surface area contributed by atoms with Crippen molar-refractivity contribution in [3.8, 4) is 0 Å². The molecule has 0 saturated carbocycles. The fourth-order valence-electron chi connectivity index (χ4n) is 0.829. The van der Waals surface area contributed by atoms with E-state index in [1.165, 1.54) is 0 Å². The Balaban J connectivity index is 2.52. The molecular weight excluding hydrogens is 138 g/mol.